The Bertz CT molecular complexity index is 683. The summed E-state index contributed by atoms with van der Waals surface area (Å²) in [5.74, 6) is -0.374. The molecular formula is C22H25NO2. The molecule has 2 N–H and O–H groups in total. The van der Waals surface area contributed by atoms with Crippen molar-refractivity contribution in [2.45, 2.75) is 37.7 Å². The fourth-order valence-electron chi connectivity index (χ4n) is 3.38. The molecule has 0 unspecified atom stereocenters. The van der Waals surface area contributed by atoms with Crippen LogP contribution >= 0.6 is 0 Å². The van der Waals surface area contributed by atoms with E-state index >= 15 is 0 Å². The fraction of sp³-hybridized carbons (Fsp3) is 0.318. The fourth-order valence-corrected chi connectivity index (χ4v) is 3.38. The number of amides is 1. The third-order valence-electron chi connectivity index (χ3n) is 4.83. The van der Waals surface area contributed by atoms with Gasteiger partial charge in [-0.15, -0.1) is 0 Å². The lowest BCUT2D eigenvalue weighted by Crippen LogP contribution is -2.45. The lowest BCUT2D eigenvalue weighted by molar-refractivity contribution is -0.136. The maximum Gasteiger partial charge on any atom is 0.261 e. The van der Waals surface area contributed by atoms with E-state index in [9.17, 15) is 9.90 Å². The van der Waals surface area contributed by atoms with Gasteiger partial charge in [-0.25, -0.2) is 0 Å². The molecule has 0 bridgehead atoms. The van der Waals surface area contributed by atoms with E-state index in [4.69, 9.17) is 0 Å². The smallest absolute Gasteiger partial charge is 0.261 e. The molecule has 0 saturated heterocycles. The van der Waals surface area contributed by atoms with Crippen molar-refractivity contribution >= 4 is 5.91 Å². The van der Waals surface area contributed by atoms with E-state index in [2.05, 4.69) is 11.4 Å². The second kappa shape index (κ2) is 8.13. The molecule has 0 radical (unpaired) electrons. The van der Waals surface area contributed by atoms with Crippen LogP contribution in [0.1, 0.15) is 43.2 Å². The Hall–Kier alpha value is -2.39. The van der Waals surface area contributed by atoms with Crippen molar-refractivity contribution in [1.82, 2.24) is 5.32 Å². The lowest BCUT2D eigenvalue weighted by Gasteiger charge is -2.28. The Kier molecular flexibility index (Phi) is 5.67. The van der Waals surface area contributed by atoms with E-state index in [0.29, 0.717) is 17.7 Å². The Morgan fingerprint density at radius 2 is 1.56 bits per heavy atom. The number of hydrogen-bond donors (Lipinski definition) is 2. The zero-order chi connectivity index (χ0) is 17.5. The minimum atomic E-state index is -1.68. The molecule has 2 aromatic carbocycles. The summed E-state index contributed by atoms with van der Waals surface area (Å²) >= 11 is 0. The lowest BCUT2D eigenvalue weighted by atomic mass is 9.85. The number of allylic oxidation sites excluding steroid dienone is 1. The molecule has 0 saturated carbocycles. The number of carbonyl (C=O) groups is 1. The molecule has 0 aromatic heterocycles. The van der Waals surface area contributed by atoms with E-state index in [-0.39, 0.29) is 5.91 Å². The van der Waals surface area contributed by atoms with Crippen molar-refractivity contribution < 1.29 is 9.90 Å². The summed E-state index contributed by atoms with van der Waals surface area (Å²) in [5.41, 5.74) is 0.893. The Balaban J connectivity index is 1.77. The van der Waals surface area contributed by atoms with Crippen LogP contribution in [0.5, 0.6) is 0 Å². The molecule has 3 rings (SSSR count). The summed E-state index contributed by atoms with van der Waals surface area (Å²) in [7, 11) is 0. The predicted molar refractivity (Wildman–Crippen MR) is 100 cm³/mol. The highest BCUT2D eigenvalue weighted by Gasteiger charge is 2.39. The molecule has 1 aliphatic rings. The van der Waals surface area contributed by atoms with Gasteiger partial charge in [0.15, 0.2) is 5.60 Å². The maximum absolute atomic E-state index is 12.9. The maximum atomic E-state index is 12.9. The first-order chi connectivity index (χ1) is 12.2. The summed E-state index contributed by atoms with van der Waals surface area (Å²) in [4.78, 5) is 12.9. The topological polar surface area (TPSA) is 49.3 Å². The number of aliphatic hydroxyl groups is 1. The predicted octanol–water partition coefficient (Wildman–Crippen LogP) is 3.93. The molecule has 0 aliphatic heterocycles. The van der Waals surface area contributed by atoms with E-state index < -0.39 is 5.60 Å². The van der Waals surface area contributed by atoms with Crippen LogP contribution in [0.25, 0.3) is 0 Å². The number of carbonyl (C=O) groups excluding carboxylic acids is 1. The second-order valence-electron chi connectivity index (χ2n) is 6.56. The highest BCUT2D eigenvalue weighted by atomic mass is 16.3. The van der Waals surface area contributed by atoms with E-state index in [1.165, 1.54) is 18.4 Å². The molecule has 0 spiro atoms. The van der Waals surface area contributed by atoms with Gasteiger partial charge >= 0.3 is 0 Å². The minimum Gasteiger partial charge on any atom is -0.372 e. The van der Waals surface area contributed by atoms with Crippen molar-refractivity contribution in [2.24, 2.45) is 0 Å². The van der Waals surface area contributed by atoms with Crippen LogP contribution in [0, 0.1) is 0 Å². The van der Waals surface area contributed by atoms with Gasteiger partial charge in [-0.05, 0) is 43.2 Å². The van der Waals surface area contributed by atoms with Crippen molar-refractivity contribution in [3.63, 3.8) is 0 Å². The van der Waals surface area contributed by atoms with Gasteiger partial charge in [0.2, 0.25) is 0 Å². The normalized spacial score (nSPS) is 14.7. The average Bonchev–Trinajstić information content (AvgIpc) is 2.69. The highest BCUT2D eigenvalue weighted by molar-refractivity contribution is 5.90. The molecular weight excluding hydrogens is 310 g/mol. The molecule has 0 atom stereocenters. The molecule has 3 heteroatoms. The Morgan fingerprint density at radius 3 is 2.08 bits per heavy atom. The molecule has 2 aromatic rings. The zero-order valence-electron chi connectivity index (χ0n) is 14.4. The SMILES string of the molecule is O=C(NCCC1=CCCCC1)C(O)(c1ccccc1)c1ccccc1. The van der Waals surface area contributed by atoms with Gasteiger partial charge in [0.1, 0.15) is 0 Å². The van der Waals surface area contributed by atoms with Crippen molar-refractivity contribution in [1.29, 1.82) is 0 Å². The van der Waals surface area contributed by atoms with Crippen molar-refractivity contribution in [3.05, 3.63) is 83.4 Å². The van der Waals surface area contributed by atoms with Crippen LogP contribution in [0.2, 0.25) is 0 Å². The molecule has 1 amide bonds. The molecule has 0 fully saturated rings. The zero-order valence-corrected chi connectivity index (χ0v) is 14.4. The molecule has 130 valence electrons. The molecule has 1 aliphatic carbocycles. The van der Waals surface area contributed by atoms with Crippen molar-refractivity contribution in [3.8, 4) is 0 Å². The minimum absolute atomic E-state index is 0.374. The molecule has 3 nitrogen and oxygen atoms in total. The Labute approximate surface area is 149 Å². The van der Waals surface area contributed by atoms with Gasteiger partial charge in [-0.1, -0.05) is 72.3 Å². The third kappa shape index (κ3) is 3.99. The van der Waals surface area contributed by atoms with Crippen LogP contribution in [0.3, 0.4) is 0 Å². The summed E-state index contributed by atoms with van der Waals surface area (Å²) in [6, 6.07) is 18.3. The number of hydrogen-bond acceptors (Lipinski definition) is 2. The first-order valence-electron chi connectivity index (χ1n) is 9.01. The largest absolute Gasteiger partial charge is 0.372 e. The number of rotatable bonds is 6. The summed E-state index contributed by atoms with van der Waals surface area (Å²) in [6.07, 6.45) is 7.90. The summed E-state index contributed by atoms with van der Waals surface area (Å²) in [5, 5.41) is 14.3. The summed E-state index contributed by atoms with van der Waals surface area (Å²) < 4.78 is 0. The van der Waals surface area contributed by atoms with Crippen LogP contribution < -0.4 is 5.32 Å². The number of benzene rings is 2. The quantitative estimate of drug-likeness (QED) is 0.786. The number of nitrogens with one attached hydrogen (secondary N) is 1. The highest BCUT2D eigenvalue weighted by Crippen LogP contribution is 2.30. The average molecular weight is 335 g/mol. The second-order valence-corrected chi connectivity index (χ2v) is 6.56. The first-order valence-corrected chi connectivity index (χ1v) is 9.01. The van der Waals surface area contributed by atoms with Gasteiger partial charge in [0.25, 0.3) is 5.91 Å². The molecule has 0 heterocycles. The van der Waals surface area contributed by atoms with E-state index in [1.54, 1.807) is 24.3 Å². The van der Waals surface area contributed by atoms with Crippen molar-refractivity contribution in [2.75, 3.05) is 6.54 Å². The standard InChI is InChI=1S/C22H25NO2/c24-21(23-17-16-18-10-4-1-5-11-18)22(25,19-12-6-2-7-13-19)20-14-8-3-9-15-20/h2-3,6-10,12-15,25H,1,4-5,11,16-17H2,(H,23,24). The van der Waals surface area contributed by atoms with E-state index in [0.717, 1.165) is 19.3 Å². The van der Waals surface area contributed by atoms with Gasteiger partial charge in [-0.3, -0.25) is 4.79 Å². The van der Waals surface area contributed by atoms with Gasteiger partial charge in [0.05, 0.1) is 0 Å². The van der Waals surface area contributed by atoms with Crippen LogP contribution in [0.4, 0.5) is 0 Å². The summed E-state index contributed by atoms with van der Waals surface area (Å²) in [6.45, 7) is 0.548. The Morgan fingerprint density at radius 1 is 0.960 bits per heavy atom. The first kappa shape index (κ1) is 17.4. The monoisotopic (exact) mass is 335 g/mol. The van der Waals surface area contributed by atoms with Crippen LogP contribution in [-0.2, 0) is 10.4 Å². The van der Waals surface area contributed by atoms with Gasteiger partial charge in [-0.2, -0.15) is 0 Å². The van der Waals surface area contributed by atoms with Gasteiger partial charge < -0.3 is 10.4 Å². The van der Waals surface area contributed by atoms with E-state index in [1.807, 2.05) is 36.4 Å². The molecule has 25 heavy (non-hydrogen) atoms. The van der Waals surface area contributed by atoms with Crippen LogP contribution in [0.15, 0.2) is 72.3 Å². The third-order valence-corrected chi connectivity index (χ3v) is 4.83. The van der Waals surface area contributed by atoms with Crippen LogP contribution in [-0.4, -0.2) is 17.6 Å². The van der Waals surface area contributed by atoms with Gasteiger partial charge in [0, 0.05) is 6.54 Å².